The van der Waals surface area contributed by atoms with Gasteiger partial charge in [-0.3, -0.25) is 9.59 Å². The molecule has 4 nitrogen and oxygen atoms in total. The number of thioether (sulfide) groups is 2. The summed E-state index contributed by atoms with van der Waals surface area (Å²) >= 11 is 3.60. The van der Waals surface area contributed by atoms with Gasteiger partial charge in [-0.2, -0.15) is 0 Å². The van der Waals surface area contributed by atoms with E-state index < -0.39 is 0 Å². The normalized spacial score (nSPS) is 15.8. The summed E-state index contributed by atoms with van der Waals surface area (Å²) in [4.78, 5) is 25.4. The predicted octanol–water partition coefficient (Wildman–Crippen LogP) is 5.89. The number of nitrogens with one attached hydrogen (secondary N) is 2. The van der Waals surface area contributed by atoms with Crippen LogP contribution >= 0.6 is 23.5 Å². The van der Waals surface area contributed by atoms with Gasteiger partial charge in [0.1, 0.15) is 0 Å². The average Bonchev–Trinajstić information content (AvgIpc) is 2.92. The number of ketones is 2. The van der Waals surface area contributed by atoms with Gasteiger partial charge in [-0.1, -0.05) is 60.7 Å². The first-order valence-corrected chi connectivity index (χ1v) is 13.7. The molecular formula is C30H30CuN2O2S2. The third-order valence-corrected chi connectivity index (χ3v) is 6.90. The summed E-state index contributed by atoms with van der Waals surface area (Å²) in [5.41, 5.74) is 1.42. The van der Waals surface area contributed by atoms with Crippen LogP contribution in [-0.4, -0.2) is 36.2 Å². The minimum Gasteiger partial charge on any atom is -0.389 e. The molecule has 0 saturated heterocycles. The van der Waals surface area contributed by atoms with Gasteiger partial charge in [0.15, 0.2) is 11.6 Å². The Morgan fingerprint density at radius 1 is 0.568 bits per heavy atom. The van der Waals surface area contributed by atoms with Crippen LogP contribution in [0.5, 0.6) is 0 Å². The van der Waals surface area contributed by atoms with E-state index in [1.54, 1.807) is 60.2 Å². The van der Waals surface area contributed by atoms with Crippen molar-refractivity contribution in [1.82, 2.24) is 10.6 Å². The van der Waals surface area contributed by atoms with Crippen LogP contribution in [0.3, 0.4) is 0 Å². The smallest absolute Gasteiger partial charge is 0.187 e. The molecule has 0 fully saturated rings. The van der Waals surface area contributed by atoms with E-state index in [2.05, 4.69) is 34.9 Å². The van der Waals surface area contributed by atoms with Gasteiger partial charge in [-0.05, 0) is 48.6 Å². The quantitative estimate of drug-likeness (QED) is 0.159. The topological polar surface area (TPSA) is 58.2 Å². The molecule has 0 bridgehead atoms. The van der Waals surface area contributed by atoms with Crippen molar-refractivity contribution in [2.24, 2.45) is 0 Å². The number of carbonyl (C=O) groups is 2. The largest absolute Gasteiger partial charge is 0.389 e. The molecule has 0 spiro atoms. The second-order valence-electron chi connectivity index (χ2n) is 7.60. The van der Waals surface area contributed by atoms with Gasteiger partial charge in [0.05, 0.1) is 0 Å². The molecule has 195 valence electrons. The van der Waals surface area contributed by atoms with Crippen molar-refractivity contribution in [3.05, 3.63) is 133 Å². The second kappa shape index (κ2) is 18.3. The zero-order valence-corrected chi connectivity index (χ0v) is 22.9. The Hall–Kier alpha value is -2.96. The first-order chi connectivity index (χ1) is 17.7. The van der Waals surface area contributed by atoms with E-state index in [0.29, 0.717) is 11.1 Å². The molecule has 2 aromatic rings. The monoisotopic (exact) mass is 577 g/mol. The van der Waals surface area contributed by atoms with E-state index in [9.17, 15) is 9.59 Å². The van der Waals surface area contributed by atoms with Gasteiger partial charge in [0.2, 0.25) is 0 Å². The summed E-state index contributed by atoms with van der Waals surface area (Å²) in [5, 5.41) is 6.33. The molecule has 0 atom stereocenters. The molecule has 4 rings (SSSR count). The average molecular weight is 578 g/mol. The maximum Gasteiger partial charge on any atom is 0.187 e. The van der Waals surface area contributed by atoms with Crippen LogP contribution in [0.2, 0.25) is 0 Å². The maximum atomic E-state index is 11.4. The molecule has 0 amide bonds. The van der Waals surface area contributed by atoms with Crippen molar-refractivity contribution in [3.63, 3.8) is 0 Å². The van der Waals surface area contributed by atoms with E-state index >= 15 is 0 Å². The number of hydrogen-bond donors (Lipinski definition) is 2. The van der Waals surface area contributed by atoms with E-state index in [-0.39, 0.29) is 28.6 Å². The van der Waals surface area contributed by atoms with Crippen molar-refractivity contribution >= 4 is 35.1 Å². The number of benzene rings is 2. The summed E-state index contributed by atoms with van der Waals surface area (Å²) in [5.74, 6) is 2.06. The summed E-state index contributed by atoms with van der Waals surface area (Å²) in [6, 6.07) is 20.6. The third kappa shape index (κ3) is 12.2. The van der Waals surface area contributed by atoms with Gasteiger partial charge in [-0.25, -0.2) is 0 Å². The van der Waals surface area contributed by atoms with Crippen molar-refractivity contribution in [2.45, 2.75) is 9.79 Å². The zero-order valence-electron chi connectivity index (χ0n) is 20.3. The fourth-order valence-corrected chi connectivity index (χ4v) is 4.66. The van der Waals surface area contributed by atoms with Crippen LogP contribution in [0, 0.1) is 0 Å². The van der Waals surface area contributed by atoms with Gasteiger partial charge in [-0.15, -0.1) is 23.5 Å². The Balaban J connectivity index is 0.000000253. The molecular weight excluding hydrogens is 548 g/mol. The third-order valence-electron chi connectivity index (χ3n) is 4.87. The SMILES string of the molecule is O=C1C=CC=CC1=CNCCSc1ccccc1.O=C1C=CC=CC1=CNCCSc1ccccc1.[Cu]. The van der Waals surface area contributed by atoms with Gasteiger partial charge >= 0.3 is 0 Å². The number of carbonyl (C=O) groups excluding carboxylic acids is 2. The molecule has 2 aliphatic rings. The molecule has 37 heavy (non-hydrogen) atoms. The summed E-state index contributed by atoms with van der Waals surface area (Å²) in [7, 11) is 0. The van der Waals surface area contributed by atoms with E-state index in [1.807, 2.05) is 60.7 Å². The number of rotatable bonds is 10. The van der Waals surface area contributed by atoms with E-state index in [0.717, 1.165) is 24.6 Å². The Labute approximate surface area is 238 Å². The molecule has 1 radical (unpaired) electrons. The van der Waals surface area contributed by atoms with Gasteiger partial charge in [0, 0.05) is 75.0 Å². The van der Waals surface area contributed by atoms with Crippen molar-refractivity contribution in [2.75, 3.05) is 24.6 Å². The minimum absolute atomic E-state index is 0. The number of hydrogen-bond acceptors (Lipinski definition) is 6. The molecule has 0 aliphatic heterocycles. The number of allylic oxidation sites excluding steroid dienone is 10. The van der Waals surface area contributed by atoms with E-state index in [4.69, 9.17) is 0 Å². The summed E-state index contributed by atoms with van der Waals surface area (Å²) in [6.45, 7) is 1.68. The molecule has 0 unspecified atom stereocenters. The molecule has 2 aliphatic carbocycles. The van der Waals surface area contributed by atoms with Crippen molar-refractivity contribution in [1.29, 1.82) is 0 Å². The molecule has 0 heterocycles. The summed E-state index contributed by atoms with van der Waals surface area (Å²) in [6.07, 6.45) is 17.6. The molecule has 2 N–H and O–H groups in total. The Morgan fingerprint density at radius 2 is 0.946 bits per heavy atom. The van der Waals surface area contributed by atoms with Crippen molar-refractivity contribution in [3.8, 4) is 0 Å². The standard InChI is InChI=1S/2C15H15NOS.Cu/c2*17-15-9-5-4-6-13(15)12-16-10-11-18-14-7-2-1-3-8-14;/h2*1-9,12,16H,10-11H2;. The Kier molecular flexibility index (Phi) is 15.0. The molecule has 2 aromatic carbocycles. The van der Waals surface area contributed by atoms with Crippen LogP contribution in [0.4, 0.5) is 0 Å². The summed E-state index contributed by atoms with van der Waals surface area (Å²) < 4.78 is 0. The van der Waals surface area contributed by atoms with Crippen molar-refractivity contribution < 1.29 is 26.7 Å². The maximum absolute atomic E-state index is 11.4. The van der Waals surface area contributed by atoms with Gasteiger partial charge < -0.3 is 10.6 Å². The van der Waals surface area contributed by atoms with Crippen LogP contribution in [0.25, 0.3) is 0 Å². The minimum atomic E-state index is 0. The van der Waals surface area contributed by atoms with Gasteiger partial charge in [0.25, 0.3) is 0 Å². The second-order valence-corrected chi connectivity index (χ2v) is 9.93. The van der Waals surface area contributed by atoms with Crippen LogP contribution in [0.1, 0.15) is 0 Å². The van der Waals surface area contributed by atoms with Crippen LogP contribution in [0.15, 0.2) is 143 Å². The van der Waals surface area contributed by atoms with Crippen LogP contribution < -0.4 is 10.6 Å². The first-order valence-electron chi connectivity index (χ1n) is 11.7. The Bertz CT molecular complexity index is 1080. The van der Waals surface area contributed by atoms with E-state index in [1.165, 1.54) is 9.79 Å². The predicted molar refractivity (Wildman–Crippen MR) is 153 cm³/mol. The Morgan fingerprint density at radius 3 is 1.32 bits per heavy atom. The zero-order chi connectivity index (χ0) is 25.3. The molecule has 0 aromatic heterocycles. The molecule has 7 heteroatoms. The molecule has 0 saturated carbocycles. The fourth-order valence-electron chi connectivity index (χ4n) is 3.05. The first kappa shape index (κ1) is 30.3. The fraction of sp³-hybridized carbons (Fsp3) is 0.133. The van der Waals surface area contributed by atoms with Crippen LogP contribution in [-0.2, 0) is 26.7 Å².